The highest BCUT2D eigenvalue weighted by atomic mass is 32.2. The zero-order chi connectivity index (χ0) is 15.2. The van der Waals surface area contributed by atoms with E-state index in [-0.39, 0.29) is 12.2 Å². The van der Waals surface area contributed by atoms with E-state index >= 15 is 0 Å². The van der Waals surface area contributed by atoms with E-state index in [2.05, 4.69) is 10.6 Å². The summed E-state index contributed by atoms with van der Waals surface area (Å²) in [6.45, 7) is 0.511. The van der Waals surface area contributed by atoms with E-state index in [9.17, 15) is 18.0 Å². The predicted octanol–water partition coefficient (Wildman–Crippen LogP) is -0.0734. The Labute approximate surface area is 122 Å². The van der Waals surface area contributed by atoms with Crippen molar-refractivity contribution in [3.8, 4) is 0 Å². The van der Waals surface area contributed by atoms with Crippen molar-refractivity contribution in [2.75, 3.05) is 30.1 Å². The first-order chi connectivity index (χ1) is 9.28. The summed E-state index contributed by atoms with van der Waals surface area (Å²) in [4.78, 5) is 22.6. The van der Waals surface area contributed by atoms with Gasteiger partial charge in [-0.3, -0.25) is 0 Å². The van der Waals surface area contributed by atoms with Gasteiger partial charge in [0, 0.05) is 12.8 Å². The van der Waals surface area contributed by atoms with Gasteiger partial charge in [0.2, 0.25) is 0 Å². The molecule has 0 spiro atoms. The quantitative estimate of drug-likeness (QED) is 0.604. The highest BCUT2D eigenvalue weighted by Crippen LogP contribution is 2.22. The van der Waals surface area contributed by atoms with Gasteiger partial charge < -0.3 is 15.7 Å². The highest BCUT2D eigenvalue weighted by molar-refractivity contribution is 7.99. The molecule has 3 N–H and O–H groups in total. The number of hydrogen-bond donors (Lipinski definition) is 3. The molecule has 0 aliphatic carbocycles. The smallest absolute Gasteiger partial charge is 0.326 e. The molecule has 1 aliphatic rings. The van der Waals surface area contributed by atoms with Gasteiger partial charge in [0.25, 0.3) is 0 Å². The largest absolute Gasteiger partial charge is 0.480 e. The van der Waals surface area contributed by atoms with Gasteiger partial charge in [-0.25, -0.2) is 18.0 Å². The predicted molar refractivity (Wildman–Crippen MR) is 77.7 cm³/mol. The van der Waals surface area contributed by atoms with Gasteiger partial charge in [-0.2, -0.15) is 11.8 Å². The van der Waals surface area contributed by atoms with Crippen molar-refractivity contribution >= 4 is 33.6 Å². The number of aliphatic carboxylic acids is 1. The summed E-state index contributed by atoms with van der Waals surface area (Å²) in [5, 5.41) is 13.9. The minimum Gasteiger partial charge on any atom is -0.480 e. The summed E-state index contributed by atoms with van der Waals surface area (Å²) in [7, 11) is -3.25. The van der Waals surface area contributed by atoms with Gasteiger partial charge in [0.15, 0.2) is 0 Å². The lowest BCUT2D eigenvalue weighted by Crippen LogP contribution is -2.47. The lowest BCUT2D eigenvalue weighted by Gasteiger charge is -2.16. The Morgan fingerprint density at radius 3 is 2.65 bits per heavy atom. The molecule has 1 rings (SSSR count). The van der Waals surface area contributed by atoms with Crippen LogP contribution in [-0.2, 0) is 14.6 Å². The zero-order valence-electron chi connectivity index (χ0n) is 11.3. The highest BCUT2D eigenvalue weighted by Gasteiger charge is 2.22. The van der Waals surface area contributed by atoms with Crippen molar-refractivity contribution in [2.45, 2.75) is 18.9 Å². The maximum Gasteiger partial charge on any atom is 0.326 e. The van der Waals surface area contributed by atoms with Gasteiger partial charge in [-0.1, -0.05) is 0 Å². The van der Waals surface area contributed by atoms with Crippen LogP contribution in [-0.4, -0.2) is 61.6 Å². The number of hydrogen-bond acceptors (Lipinski definition) is 5. The molecule has 0 saturated carbocycles. The van der Waals surface area contributed by atoms with Crippen LogP contribution in [0.2, 0.25) is 0 Å². The Balaban J connectivity index is 2.36. The summed E-state index contributed by atoms with van der Waals surface area (Å²) < 4.78 is 22.0. The number of carboxylic acid groups (broad SMARTS) is 1. The van der Waals surface area contributed by atoms with Crippen molar-refractivity contribution in [1.29, 1.82) is 0 Å². The summed E-state index contributed by atoms with van der Waals surface area (Å²) in [6.07, 6.45) is 1.94. The van der Waals surface area contributed by atoms with Gasteiger partial charge in [-0.15, -0.1) is 0 Å². The maximum atomic E-state index is 11.6. The lowest BCUT2D eigenvalue weighted by molar-refractivity contribution is -0.139. The van der Waals surface area contributed by atoms with Crippen molar-refractivity contribution < 1.29 is 23.1 Å². The Hall–Kier alpha value is -0.960. The van der Waals surface area contributed by atoms with Crippen LogP contribution in [0.25, 0.3) is 0 Å². The average molecular weight is 324 g/mol. The van der Waals surface area contributed by atoms with Crippen LogP contribution in [0.15, 0.2) is 0 Å². The first kappa shape index (κ1) is 17.1. The van der Waals surface area contributed by atoms with Crippen molar-refractivity contribution in [3.05, 3.63) is 0 Å². The molecule has 9 heteroatoms. The molecule has 2 unspecified atom stereocenters. The van der Waals surface area contributed by atoms with Crippen LogP contribution in [0.1, 0.15) is 12.8 Å². The fourth-order valence-corrected chi connectivity index (χ4v) is 3.73. The van der Waals surface area contributed by atoms with Gasteiger partial charge in [0.1, 0.15) is 15.9 Å². The fraction of sp³-hybridized carbons (Fsp3) is 0.818. The first-order valence-corrected chi connectivity index (χ1v) is 9.52. The minimum atomic E-state index is -3.25. The van der Waals surface area contributed by atoms with Crippen molar-refractivity contribution in [1.82, 2.24) is 10.6 Å². The van der Waals surface area contributed by atoms with Crippen LogP contribution in [0.3, 0.4) is 0 Å². The number of amides is 2. The molecule has 1 saturated heterocycles. The number of carboxylic acids is 1. The topological polar surface area (TPSA) is 113 Å². The Kier molecular flexibility index (Phi) is 6.60. The second-order valence-corrected chi connectivity index (χ2v) is 8.30. The summed E-state index contributed by atoms with van der Waals surface area (Å²) >= 11 is 1.83. The third kappa shape index (κ3) is 6.99. The van der Waals surface area contributed by atoms with Crippen LogP contribution in [0.4, 0.5) is 4.79 Å². The average Bonchev–Trinajstić information content (AvgIpc) is 2.83. The minimum absolute atomic E-state index is 0.138. The number of urea groups is 1. The third-order valence-electron chi connectivity index (χ3n) is 2.96. The molecule has 7 nitrogen and oxygen atoms in total. The van der Waals surface area contributed by atoms with Crippen LogP contribution in [0.5, 0.6) is 0 Å². The molecule has 20 heavy (non-hydrogen) atoms. The number of rotatable bonds is 7. The van der Waals surface area contributed by atoms with Gasteiger partial charge in [-0.05, 0) is 30.3 Å². The Morgan fingerprint density at radius 1 is 1.45 bits per heavy atom. The number of carbonyl (C=O) groups excluding carboxylic acids is 1. The molecule has 2 amide bonds. The van der Waals surface area contributed by atoms with E-state index in [1.54, 1.807) is 0 Å². The molecular formula is C11H20N2O5S2. The standard InChI is InChI=1S/C11H20N2O5S2/c1-20(17,18)5-3-9(10(14)15)13-11(16)12-6-8-2-4-19-7-8/h8-9H,2-7H2,1H3,(H,14,15)(H2,12,13,16). The van der Waals surface area contributed by atoms with Crippen molar-refractivity contribution in [3.63, 3.8) is 0 Å². The Bertz CT molecular complexity index is 446. The molecule has 1 heterocycles. The van der Waals surface area contributed by atoms with Gasteiger partial charge in [0.05, 0.1) is 5.75 Å². The molecule has 0 aromatic rings. The van der Waals surface area contributed by atoms with Crippen LogP contribution >= 0.6 is 11.8 Å². The number of thioether (sulfide) groups is 1. The molecular weight excluding hydrogens is 304 g/mol. The molecule has 1 aliphatic heterocycles. The van der Waals surface area contributed by atoms with E-state index in [4.69, 9.17) is 5.11 Å². The third-order valence-corrected chi connectivity index (χ3v) is 5.16. The van der Waals surface area contributed by atoms with Crippen LogP contribution < -0.4 is 10.6 Å². The molecule has 116 valence electrons. The number of carbonyl (C=O) groups is 2. The fourth-order valence-electron chi connectivity index (χ4n) is 1.78. The Morgan fingerprint density at radius 2 is 2.15 bits per heavy atom. The lowest BCUT2D eigenvalue weighted by atomic mass is 10.1. The van der Waals surface area contributed by atoms with E-state index in [1.165, 1.54) is 0 Å². The number of sulfone groups is 1. The number of nitrogens with one attached hydrogen (secondary N) is 2. The second kappa shape index (κ2) is 7.72. The van der Waals surface area contributed by atoms with E-state index < -0.39 is 27.9 Å². The van der Waals surface area contributed by atoms with E-state index in [0.29, 0.717) is 12.5 Å². The molecule has 1 fully saturated rings. The molecule has 0 radical (unpaired) electrons. The molecule has 0 aromatic heterocycles. The summed E-state index contributed by atoms with van der Waals surface area (Å²) in [6, 6.07) is -1.76. The van der Waals surface area contributed by atoms with Gasteiger partial charge >= 0.3 is 12.0 Å². The van der Waals surface area contributed by atoms with E-state index in [1.807, 2.05) is 11.8 Å². The van der Waals surface area contributed by atoms with Crippen molar-refractivity contribution in [2.24, 2.45) is 5.92 Å². The summed E-state index contributed by atoms with van der Waals surface area (Å²) in [5.74, 6) is 0.991. The zero-order valence-corrected chi connectivity index (χ0v) is 12.9. The molecule has 0 bridgehead atoms. The van der Waals surface area contributed by atoms with Crippen LogP contribution in [0, 0.1) is 5.92 Å². The molecule has 0 aromatic carbocycles. The van der Waals surface area contributed by atoms with E-state index in [0.717, 1.165) is 24.2 Å². The first-order valence-electron chi connectivity index (χ1n) is 6.30. The normalized spacial score (nSPS) is 20.4. The summed E-state index contributed by atoms with van der Waals surface area (Å²) in [5.41, 5.74) is 0. The second-order valence-electron chi connectivity index (χ2n) is 4.89. The monoisotopic (exact) mass is 324 g/mol. The molecule has 2 atom stereocenters. The SMILES string of the molecule is CS(=O)(=O)CCC(NC(=O)NCC1CCSC1)C(=O)O. The maximum absolute atomic E-state index is 11.6.